The summed E-state index contributed by atoms with van der Waals surface area (Å²) in [6.45, 7) is 0.863. The van der Waals surface area contributed by atoms with Gasteiger partial charge in [-0.3, -0.25) is 4.79 Å². The second kappa shape index (κ2) is 6.71. The van der Waals surface area contributed by atoms with Crippen molar-refractivity contribution >= 4 is 5.97 Å². The highest BCUT2D eigenvalue weighted by molar-refractivity contribution is 5.77. The highest BCUT2D eigenvalue weighted by Gasteiger charge is 2.39. The van der Waals surface area contributed by atoms with Crippen LogP contribution in [-0.2, 0) is 16.0 Å². The van der Waals surface area contributed by atoms with Crippen LogP contribution in [0.4, 0.5) is 0 Å². The van der Waals surface area contributed by atoms with Gasteiger partial charge in [-0.2, -0.15) is 0 Å². The Kier molecular flexibility index (Phi) is 4.97. The Morgan fingerprint density at radius 1 is 1.16 bits per heavy atom. The summed E-state index contributed by atoms with van der Waals surface area (Å²) in [6, 6.07) is 10.1. The van der Waals surface area contributed by atoms with Crippen LogP contribution >= 0.6 is 0 Å². The third-order valence-electron chi connectivity index (χ3n) is 4.10. The van der Waals surface area contributed by atoms with E-state index in [-0.39, 0.29) is 5.97 Å². The molecule has 0 radical (unpaired) electrons. The van der Waals surface area contributed by atoms with Crippen molar-refractivity contribution in [3.05, 3.63) is 35.9 Å². The number of hydrogen-bond acceptors (Lipinski definition) is 3. The maximum Gasteiger partial charge on any atom is 0.313 e. The highest BCUT2D eigenvalue weighted by Crippen LogP contribution is 2.36. The molecule has 0 heterocycles. The van der Waals surface area contributed by atoms with Crippen molar-refractivity contribution in [1.82, 2.24) is 0 Å². The predicted octanol–water partition coefficient (Wildman–Crippen LogP) is 2.68. The van der Waals surface area contributed by atoms with E-state index in [2.05, 4.69) is 0 Å². The quantitative estimate of drug-likeness (QED) is 0.829. The van der Waals surface area contributed by atoms with E-state index in [0.29, 0.717) is 13.2 Å². The molecule has 0 unspecified atom stereocenters. The van der Waals surface area contributed by atoms with Gasteiger partial charge in [0.15, 0.2) is 0 Å². The van der Waals surface area contributed by atoms with Gasteiger partial charge in [-0.05, 0) is 18.4 Å². The van der Waals surface area contributed by atoms with Crippen LogP contribution in [0.2, 0.25) is 0 Å². The van der Waals surface area contributed by atoms with Crippen molar-refractivity contribution in [3.8, 4) is 0 Å². The average Bonchev–Trinajstić information content (AvgIpc) is 2.49. The molecule has 104 valence electrons. The first-order valence-corrected chi connectivity index (χ1v) is 7.18. The summed E-state index contributed by atoms with van der Waals surface area (Å²) < 4.78 is 5.46. The van der Waals surface area contributed by atoms with Crippen LogP contribution in [0.5, 0.6) is 0 Å². The first-order chi connectivity index (χ1) is 9.27. The predicted molar refractivity (Wildman–Crippen MR) is 75.7 cm³/mol. The Morgan fingerprint density at radius 2 is 1.84 bits per heavy atom. The van der Waals surface area contributed by atoms with E-state index in [1.54, 1.807) is 0 Å². The second-order valence-corrected chi connectivity index (χ2v) is 5.42. The fourth-order valence-electron chi connectivity index (χ4n) is 2.78. The summed E-state index contributed by atoms with van der Waals surface area (Å²) in [5.41, 5.74) is 6.61. The zero-order valence-electron chi connectivity index (χ0n) is 11.4. The standard InChI is InChI=1S/C16H23NO2/c17-13-16(10-5-2-6-11-16)15(18)19-12-9-14-7-3-1-4-8-14/h1,3-4,7-8H,2,5-6,9-13,17H2. The third-order valence-corrected chi connectivity index (χ3v) is 4.10. The van der Waals surface area contributed by atoms with Crippen molar-refractivity contribution in [3.63, 3.8) is 0 Å². The normalized spacial score (nSPS) is 17.9. The van der Waals surface area contributed by atoms with Gasteiger partial charge in [-0.15, -0.1) is 0 Å². The van der Waals surface area contributed by atoms with Crippen molar-refractivity contribution in [2.75, 3.05) is 13.2 Å². The number of benzene rings is 1. The third kappa shape index (κ3) is 3.57. The van der Waals surface area contributed by atoms with E-state index in [1.165, 1.54) is 12.0 Å². The lowest BCUT2D eigenvalue weighted by Crippen LogP contribution is -2.41. The van der Waals surface area contributed by atoms with Crippen LogP contribution in [0.1, 0.15) is 37.7 Å². The molecule has 0 aliphatic heterocycles. The van der Waals surface area contributed by atoms with Gasteiger partial charge in [-0.25, -0.2) is 0 Å². The van der Waals surface area contributed by atoms with E-state index in [1.807, 2.05) is 30.3 Å². The molecular weight excluding hydrogens is 238 g/mol. The Bertz CT molecular complexity index is 396. The maximum atomic E-state index is 12.2. The van der Waals surface area contributed by atoms with E-state index >= 15 is 0 Å². The van der Waals surface area contributed by atoms with Gasteiger partial charge < -0.3 is 10.5 Å². The SMILES string of the molecule is NCC1(C(=O)OCCc2ccccc2)CCCCC1. The molecule has 1 aromatic rings. The minimum atomic E-state index is -0.408. The topological polar surface area (TPSA) is 52.3 Å². The van der Waals surface area contributed by atoms with Crippen molar-refractivity contribution in [2.45, 2.75) is 38.5 Å². The molecule has 19 heavy (non-hydrogen) atoms. The van der Waals surface area contributed by atoms with Crippen LogP contribution in [0.15, 0.2) is 30.3 Å². The minimum Gasteiger partial charge on any atom is -0.465 e. The van der Waals surface area contributed by atoms with Crippen LogP contribution in [-0.4, -0.2) is 19.1 Å². The van der Waals surface area contributed by atoms with Crippen molar-refractivity contribution in [2.24, 2.45) is 11.1 Å². The molecule has 0 bridgehead atoms. The lowest BCUT2D eigenvalue weighted by atomic mass is 9.74. The summed E-state index contributed by atoms with van der Waals surface area (Å²) in [6.07, 6.45) is 5.92. The molecule has 3 nitrogen and oxygen atoms in total. The van der Waals surface area contributed by atoms with Gasteiger partial charge in [0, 0.05) is 13.0 Å². The summed E-state index contributed by atoms with van der Waals surface area (Å²) in [5, 5.41) is 0. The smallest absolute Gasteiger partial charge is 0.313 e. The van der Waals surface area contributed by atoms with Gasteiger partial charge >= 0.3 is 5.97 Å². The van der Waals surface area contributed by atoms with Gasteiger partial charge in [0.1, 0.15) is 0 Å². The molecule has 2 rings (SSSR count). The van der Waals surface area contributed by atoms with E-state index in [9.17, 15) is 4.79 Å². The van der Waals surface area contributed by atoms with Gasteiger partial charge in [0.05, 0.1) is 12.0 Å². The Morgan fingerprint density at radius 3 is 2.47 bits per heavy atom. The molecule has 0 amide bonds. The van der Waals surface area contributed by atoms with Crippen LogP contribution in [0, 0.1) is 5.41 Å². The first-order valence-electron chi connectivity index (χ1n) is 7.18. The molecule has 1 aromatic carbocycles. The fourth-order valence-corrected chi connectivity index (χ4v) is 2.78. The van der Waals surface area contributed by atoms with Crippen LogP contribution in [0.3, 0.4) is 0 Å². The molecule has 1 fully saturated rings. The Balaban J connectivity index is 1.83. The van der Waals surface area contributed by atoms with Gasteiger partial charge in [0.25, 0.3) is 0 Å². The van der Waals surface area contributed by atoms with Gasteiger partial charge in [0.2, 0.25) is 0 Å². The molecular formula is C16H23NO2. The van der Waals surface area contributed by atoms with E-state index < -0.39 is 5.41 Å². The summed E-state index contributed by atoms with van der Waals surface area (Å²) in [4.78, 5) is 12.2. The van der Waals surface area contributed by atoms with Crippen molar-refractivity contribution in [1.29, 1.82) is 0 Å². The second-order valence-electron chi connectivity index (χ2n) is 5.42. The molecule has 0 spiro atoms. The zero-order chi connectivity index (χ0) is 13.6. The van der Waals surface area contributed by atoms with E-state index in [0.717, 1.165) is 32.1 Å². The summed E-state index contributed by atoms with van der Waals surface area (Å²) >= 11 is 0. The number of rotatable bonds is 5. The number of carbonyl (C=O) groups is 1. The largest absolute Gasteiger partial charge is 0.465 e. The number of ether oxygens (including phenoxy) is 1. The molecule has 1 saturated carbocycles. The Hall–Kier alpha value is -1.35. The number of esters is 1. The average molecular weight is 261 g/mol. The van der Waals surface area contributed by atoms with Gasteiger partial charge in [-0.1, -0.05) is 49.6 Å². The van der Waals surface area contributed by atoms with Crippen molar-refractivity contribution < 1.29 is 9.53 Å². The maximum absolute atomic E-state index is 12.2. The molecule has 1 aliphatic rings. The molecule has 3 heteroatoms. The van der Waals surface area contributed by atoms with Crippen LogP contribution < -0.4 is 5.73 Å². The van der Waals surface area contributed by atoms with E-state index in [4.69, 9.17) is 10.5 Å². The molecule has 0 aromatic heterocycles. The summed E-state index contributed by atoms with van der Waals surface area (Å²) in [7, 11) is 0. The van der Waals surface area contributed by atoms with Crippen LogP contribution in [0.25, 0.3) is 0 Å². The minimum absolute atomic E-state index is 0.0920. The number of carbonyl (C=O) groups excluding carboxylic acids is 1. The number of hydrogen-bond donors (Lipinski definition) is 1. The molecule has 0 saturated heterocycles. The Labute approximate surface area is 115 Å². The molecule has 2 N–H and O–H groups in total. The monoisotopic (exact) mass is 261 g/mol. The highest BCUT2D eigenvalue weighted by atomic mass is 16.5. The fraction of sp³-hybridized carbons (Fsp3) is 0.562. The number of nitrogens with two attached hydrogens (primary N) is 1. The zero-order valence-corrected chi connectivity index (χ0v) is 11.4. The molecule has 1 aliphatic carbocycles. The summed E-state index contributed by atoms with van der Waals surface area (Å²) in [5.74, 6) is -0.0920. The first kappa shape index (κ1) is 14.1. The lowest BCUT2D eigenvalue weighted by Gasteiger charge is -2.33. The lowest BCUT2D eigenvalue weighted by molar-refractivity contribution is -0.157. The molecule has 0 atom stereocenters.